The lowest BCUT2D eigenvalue weighted by atomic mass is 9.99. The molecular formula is C12H17NP+. The van der Waals surface area contributed by atoms with E-state index >= 15 is 0 Å². The van der Waals surface area contributed by atoms with Crippen molar-refractivity contribution >= 4 is 14.9 Å². The van der Waals surface area contributed by atoms with Gasteiger partial charge in [-0.2, -0.15) is 4.35 Å². The molecule has 0 fully saturated rings. The zero-order valence-corrected chi connectivity index (χ0v) is 9.66. The van der Waals surface area contributed by atoms with Gasteiger partial charge in [-0.15, -0.1) is 0 Å². The van der Waals surface area contributed by atoms with Crippen molar-refractivity contribution in [1.82, 2.24) is 0 Å². The first-order chi connectivity index (χ1) is 6.77. The Morgan fingerprint density at radius 3 is 2.93 bits per heavy atom. The van der Waals surface area contributed by atoms with Crippen LogP contribution in [0.4, 0.5) is 0 Å². The maximum atomic E-state index is 4.07. The third-order valence-electron chi connectivity index (χ3n) is 2.18. The molecule has 0 aromatic heterocycles. The second-order valence-corrected chi connectivity index (χ2v) is 4.09. The van der Waals surface area contributed by atoms with E-state index in [-0.39, 0.29) is 0 Å². The molecule has 0 aliphatic heterocycles. The Morgan fingerprint density at radius 1 is 1.64 bits per heavy atom. The smallest absolute Gasteiger partial charge is 0.176 e. The molecule has 74 valence electrons. The summed E-state index contributed by atoms with van der Waals surface area (Å²) in [5, 5.41) is 0. The van der Waals surface area contributed by atoms with E-state index in [2.05, 4.69) is 48.6 Å². The Kier molecular flexibility index (Phi) is 4.55. The maximum Gasteiger partial charge on any atom is 0.176 e. The van der Waals surface area contributed by atoms with Crippen LogP contribution < -0.4 is 0 Å². The van der Waals surface area contributed by atoms with Crippen LogP contribution in [0.5, 0.6) is 0 Å². The van der Waals surface area contributed by atoms with Gasteiger partial charge in [0.15, 0.2) is 21.1 Å². The predicted octanol–water partition coefficient (Wildman–Crippen LogP) is 3.27. The Balaban J connectivity index is 2.74. The highest BCUT2D eigenvalue weighted by Gasteiger charge is 2.05. The highest BCUT2D eigenvalue weighted by molar-refractivity contribution is 7.29. The largest absolute Gasteiger partial charge is 0.193 e. The Bertz CT molecular complexity index is 321. The van der Waals surface area contributed by atoms with Crippen molar-refractivity contribution in [3.63, 3.8) is 0 Å². The third kappa shape index (κ3) is 3.08. The second-order valence-electron chi connectivity index (χ2n) is 3.13. The summed E-state index contributed by atoms with van der Waals surface area (Å²) in [5.41, 5.74) is 2.43. The summed E-state index contributed by atoms with van der Waals surface area (Å²) in [7, 11) is 0.710. The molecule has 1 aliphatic rings. The van der Waals surface area contributed by atoms with Gasteiger partial charge in [0, 0.05) is 12.2 Å². The van der Waals surface area contributed by atoms with Gasteiger partial charge >= 0.3 is 0 Å². The summed E-state index contributed by atoms with van der Waals surface area (Å²) < 4.78 is 2.07. The van der Waals surface area contributed by atoms with Gasteiger partial charge in [-0.25, -0.2) is 0 Å². The molecule has 0 bridgehead atoms. The van der Waals surface area contributed by atoms with E-state index in [1.165, 1.54) is 5.57 Å². The van der Waals surface area contributed by atoms with E-state index < -0.39 is 0 Å². The van der Waals surface area contributed by atoms with Crippen molar-refractivity contribution in [2.24, 2.45) is 0 Å². The van der Waals surface area contributed by atoms with Gasteiger partial charge < -0.3 is 0 Å². The number of hydrogen-bond acceptors (Lipinski definition) is 0. The summed E-state index contributed by atoms with van der Waals surface area (Å²) in [6, 6.07) is 0. The van der Waals surface area contributed by atoms with Gasteiger partial charge in [0.2, 0.25) is 0 Å². The summed E-state index contributed by atoms with van der Waals surface area (Å²) >= 11 is 0. The molecule has 0 amide bonds. The predicted molar refractivity (Wildman–Crippen MR) is 66.4 cm³/mol. The molecule has 0 radical (unpaired) electrons. The van der Waals surface area contributed by atoms with E-state index in [9.17, 15) is 0 Å². The zero-order valence-electron chi connectivity index (χ0n) is 8.66. The van der Waals surface area contributed by atoms with E-state index in [0.29, 0.717) is 8.73 Å². The lowest BCUT2D eigenvalue weighted by Crippen LogP contribution is -1.99. The second kappa shape index (κ2) is 5.72. The molecule has 0 aromatic carbocycles. The van der Waals surface area contributed by atoms with Crippen LogP contribution in [0.3, 0.4) is 0 Å². The van der Waals surface area contributed by atoms with Crippen LogP contribution in [0.25, 0.3) is 0 Å². The van der Waals surface area contributed by atoms with Crippen LogP contribution in [-0.2, 0) is 0 Å². The molecule has 0 heterocycles. The van der Waals surface area contributed by atoms with E-state index in [4.69, 9.17) is 0 Å². The molecule has 14 heavy (non-hydrogen) atoms. The molecule has 0 saturated heterocycles. The molecule has 2 heteroatoms. The van der Waals surface area contributed by atoms with E-state index in [1.807, 2.05) is 6.20 Å². The number of hydrogen-bond donors (Lipinski definition) is 0. The van der Waals surface area contributed by atoms with E-state index in [1.54, 1.807) is 0 Å². The lowest BCUT2D eigenvalue weighted by Gasteiger charge is -2.06. The van der Waals surface area contributed by atoms with Gasteiger partial charge in [0.1, 0.15) is 0 Å². The van der Waals surface area contributed by atoms with Crippen LogP contribution in [0.15, 0.2) is 48.7 Å². The van der Waals surface area contributed by atoms with Crippen LogP contribution in [-0.4, -0.2) is 17.2 Å². The molecule has 0 spiro atoms. The first kappa shape index (κ1) is 11.1. The fourth-order valence-electron chi connectivity index (χ4n) is 1.33. The minimum Gasteiger partial charge on any atom is -0.193 e. The van der Waals surface area contributed by atoms with Crippen molar-refractivity contribution in [2.75, 3.05) is 6.66 Å². The maximum absolute atomic E-state index is 4.07. The Morgan fingerprint density at radius 2 is 2.43 bits per heavy atom. The first-order valence-electron chi connectivity index (χ1n) is 4.76. The summed E-state index contributed by atoms with van der Waals surface area (Å²) in [6.45, 7) is 9.95. The SMILES string of the molecule is C=C/[N+](=C\C(=C)C1=CC=CCC1)PC. The molecule has 1 aliphatic carbocycles. The van der Waals surface area contributed by atoms with Crippen LogP contribution >= 0.6 is 8.73 Å². The molecule has 0 aromatic rings. The normalized spacial score (nSPS) is 17.2. The van der Waals surface area contributed by atoms with Gasteiger partial charge in [0.25, 0.3) is 0 Å². The Labute approximate surface area is 88.1 Å². The van der Waals surface area contributed by atoms with Crippen molar-refractivity contribution in [3.8, 4) is 0 Å². The fraction of sp³-hybridized carbons (Fsp3) is 0.250. The average Bonchev–Trinajstić information content (AvgIpc) is 2.26. The number of rotatable bonds is 4. The van der Waals surface area contributed by atoms with Gasteiger partial charge in [-0.05, 0) is 25.0 Å². The average molecular weight is 206 g/mol. The standard InChI is InChI=1S/C12H17NP/c1-4-13(14-3)10-11(2)12-8-6-5-7-9-12/h4-6,8,10,14H,1-2,7,9H2,3H3/q+1/b13-10+. The highest BCUT2D eigenvalue weighted by Crippen LogP contribution is 2.18. The van der Waals surface area contributed by atoms with Gasteiger partial charge in [-0.3, -0.25) is 0 Å². The van der Waals surface area contributed by atoms with Crippen LogP contribution in [0.2, 0.25) is 0 Å². The first-order valence-corrected chi connectivity index (χ1v) is 6.20. The molecule has 1 unspecified atom stereocenters. The van der Waals surface area contributed by atoms with Gasteiger partial charge in [-0.1, -0.05) is 24.8 Å². The van der Waals surface area contributed by atoms with Crippen LogP contribution in [0.1, 0.15) is 12.8 Å². The van der Waals surface area contributed by atoms with Crippen molar-refractivity contribution in [3.05, 3.63) is 48.7 Å². The molecule has 0 saturated carbocycles. The number of allylic oxidation sites excluding steroid dienone is 5. The third-order valence-corrected chi connectivity index (χ3v) is 3.00. The van der Waals surface area contributed by atoms with Crippen molar-refractivity contribution in [1.29, 1.82) is 0 Å². The molecule has 1 rings (SSSR count). The molecule has 1 atom stereocenters. The quantitative estimate of drug-likeness (QED) is 0.490. The van der Waals surface area contributed by atoms with Gasteiger partial charge in [0.05, 0.1) is 0 Å². The topological polar surface area (TPSA) is 3.01 Å². The summed E-state index contributed by atoms with van der Waals surface area (Å²) in [4.78, 5) is 0. The van der Waals surface area contributed by atoms with Crippen molar-refractivity contribution < 1.29 is 4.35 Å². The minimum absolute atomic E-state index is 0.710. The molecule has 0 N–H and O–H groups in total. The molecular weight excluding hydrogens is 189 g/mol. The lowest BCUT2D eigenvalue weighted by molar-refractivity contribution is -0.261. The van der Waals surface area contributed by atoms with E-state index in [0.717, 1.165) is 18.4 Å². The minimum atomic E-state index is 0.710. The Hall–Kier alpha value is -0.940. The number of nitrogens with zero attached hydrogens (tertiary/aromatic N) is 1. The monoisotopic (exact) mass is 206 g/mol. The molecule has 1 nitrogen and oxygen atoms in total. The van der Waals surface area contributed by atoms with Crippen molar-refractivity contribution in [2.45, 2.75) is 12.8 Å². The summed E-state index contributed by atoms with van der Waals surface area (Å²) in [5.74, 6) is 0. The zero-order chi connectivity index (χ0) is 10.4. The fourth-order valence-corrected chi connectivity index (χ4v) is 1.80. The highest BCUT2D eigenvalue weighted by atomic mass is 31.1. The van der Waals surface area contributed by atoms with Crippen LogP contribution in [0, 0.1) is 0 Å². The summed E-state index contributed by atoms with van der Waals surface area (Å²) in [6.07, 6.45) is 12.6.